The quantitative estimate of drug-likeness (QED) is 0.286. The Kier molecular flexibility index (Phi) is 12.2. The van der Waals surface area contributed by atoms with E-state index in [2.05, 4.69) is 29.8 Å². The number of rotatable bonds is 6. The van der Waals surface area contributed by atoms with E-state index in [1.807, 2.05) is 13.8 Å². The van der Waals surface area contributed by atoms with Crippen LogP contribution in [0.2, 0.25) is 0 Å². The molecule has 32 heavy (non-hydrogen) atoms. The summed E-state index contributed by atoms with van der Waals surface area (Å²) in [5.41, 5.74) is 0.259. The smallest absolute Gasteiger partial charge is 0.147 e. The normalized spacial score (nSPS) is 39.9. The van der Waals surface area contributed by atoms with Crippen LogP contribution in [0, 0.1) is 46.8 Å². The van der Waals surface area contributed by atoms with Crippen LogP contribution in [0.15, 0.2) is 0 Å². The molecule has 8 unspecified atom stereocenters. The van der Waals surface area contributed by atoms with Crippen molar-refractivity contribution in [2.75, 3.05) is 18.6 Å². The van der Waals surface area contributed by atoms with Gasteiger partial charge in [0.2, 0.25) is 0 Å². The van der Waals surface area contributed by atoms with Gasteiger partial charge in [-0.3, -0.25) is 9.18 Å². The third-order valence-electron chi connectivity index (χ3n) is 9.56. The van der Waals surface area contributed by atoms with Gasteiger partial charge in [0.05, 0.1) is 12.0 Å². The molecular weight excluding hydrogens is 467 g/mol. The Balaban J connectivity index is 0.000000396. The number of aliphatic hydroxyl groups is 1. The van der Waals surface area contributed by atoms with E-state index in [4.69, 9.17) is 5.11 Å². The fourth-order valence-corrected chi connectivity index (χ4v) is 8.47. The summed E-state index contributed by atoms with van der Waals surface area (Å²) in [5, 5.41) is 8.73. The fourth-order valence-electron chi connectivity index (χ4n) is 8.07. The molecule has 4 rings (SSSR count). The van der Waals surface area contributed by atoms with Gasteiger partial charge in [-0.05, 0) is 105 Å². The molecule has 0 heterocycles. The van der Waals surface area contributed by atoms with E-state index in [1.54, 1.807) is 0 Å². The minimum Gasteiger partial charge on any atom is -0.396 e. The zero-order chi connectivity index (χ0) is 23.7. The molecule has 1 N–H and O–H groups in total. The van der Waals surface area contributed by atoms with Crippen LogP contribution in [0.1, 0.15) is 105 Å². The summed E-state index contributed by atoms with van der Waals surface area (Å²) in [6.45, 7) is 8.80. The van der Waals surface area contributed by atoms with Crippen molar-refractivity contribution in [1.82, 2.24) is 0 Å². The molecule has 0 aromatic carbocycles. The van der Waals surface area contributed by atoms with E-state index >= 15 is 0 Å². The maximum Gasteiger partial charge on any atom is 0.147 e. The highest BCUT2D eigenvalue weighted by atomic mass is 79.9. The maximum atomic E-state index is 13.1. The largest absolute Gasteiger partial charge is 0.396 e. The third-order valence-corrected chi connectivity index (χ3v) is 10.1. The van der Waals surface area contributed by atoms with Crippen LogP contribution in [0.4, 0.5) is 4.39 Å². The lowest BCUT2D eigenvalue weighted by molar-refractivity contribution is -0.127. The number of ketones is 1. The molecule has 0 amide bonds. The third kappa shape index (κ3) is 6.18. The van der Waals surface area contributed by atoms with Crippen LogP contribution < -0.4 is 0 Å². The number of unbranched alkanes of at least 4 members (excludes halogenated alkanes) is 2. The van der Waals surface area contributed by atoms with E-state index in [9.17, 15) is 9.18 Å². The number of carbonyl (C=O) groups excluding carboxylic acids is 1. The van der Waals surface area contributed by atoms with Crippen LogP contribution in [-0.2, 0) is 4.79 Å². The summed E-state index contributed by atoms with van der Waals surface area (Å²) in [7, 11) is 0. The highest BCUT2D eigenvalue weighted by Gasteiger charge is 2.58. The van der Waals surface area contributed by atoms with Gasteiger partial charge in [0.1, 0.15) is 5.78 Å². The average molecular weight is 518 g/mol. The molecule has 4 aliphatic rings. The Bertz CT molecular complexity index is 552. The minimum absolute atomic E-state index is 0.103. The van der Waals surface area contributed by atoms with Gasteiger partial charge in [0.25, 0.3) is 0 Å². The van der Waals surface area contributed by atoms with Crippen molar-refractivity contribution < 1.29 is 14.3 Å². The predicted molar refractivity (Wildman–Crippen MR) is 137 cm³/mol. The number of alkyl halides is 2. The van der Waals surface area contributed by atoms with Crippen LogP contribution in [0.3, 0.4) is 0 Å². The standard InChI is InChI=1S/C21H32BrFO.C5H12O.C2H6/c1-21-9-8-16-15-4-2-13(12-23)10-14(15)3-5-17(16)18(21)6-7-19(21)20(24)11-22;1-2-3-4-5-6;1-2/h13-19H,2-12H2,1H3;6H,2-5H2,1H3;1-2H3. The Morgan fingerprint density at radius 3 is 2.31 bits per heavy atom. The van der Waals surface area contributed by atoms with E-state index in [-0.39, 0.29) is 12.1 Å². The first-order chi connectivity index (χ1) is 15.5. The van der Waals surface area contributed by atoms with Gasteiger partial charge >= 0.3 is 0 Å². The summed E-state index contributed by atoms with van der Waals surface area (Å²) < 4.78 is 13.1. The van der Waals surface area contributed by atoms with Crippen LogP contribution in [0.25, 0.3) is 0 Å². The average Bonchev–Trinajstić information content (AvgIpc) is 3.20. The molecule has 4 saturated carbocycles. The lowest BCUT2D eigenvalue weighted by Gasteiger charge is -2.56. The Labute approximate surface area is 206 Å². The van der Waals surface area contributed by atoms with Crippen molar-refractivity contribution in [2.45, 2.75) is 105 Å². The topological polar surface area (TPSA) is 37.3 Å². The van der Waals surface area contributed by atoms with E-state index < -0.39 is 0 Å². The van der Waals surface area contributed by atoms with Gasteiger partial charge in [-0.25, -0.2) is 0 Å². The monoisotopic (exact) mass is 516 g/mol. The van der Waals surface area contributed by atoms with Crippen molar-refractivity contribution in [3.8, 4) is 0 Å². The molecule has 0 spiro atoms. The number of carbonyl (C=O) groups is 1. The summed E-state index contributed by atoms with van der Waals surface area (Å²) >= 11 is 3.41. The van der Waals surface area contributed by atoms with Gasteiger partial charge in [0.15, 0.2) is 0 Å². The second-order valence-electron chi connectivity index (χ2n) is 11.0. The number of Topliss-reactive ketones (excluding diaryl/α,β-unsaturated/α-hetero) is 1. The van der Waals surface area contributed by atoms with Crippen molar-refractivity contribution >= 4 is 21.7 Å². The summed E-state index contributed by atoms with van der Waals surface area (Å²) in [4.78, 5) is 12.4. The van der Waals surface area contributed by atoms with Crippen molar-refractivity contribution in [3.63, 3.8) is 0 Å². The van der Waals surface area contributed by atoms with E-state index in [0.717, 1.165) is 61.7 Å². The molecule has 0 bridgehead atoms. The Morgan fingerprint density at radius 1 is 1.00 bits per heavy atom. The summed E-state index contributed by atoms with van der Waals surface area (Å²) in [5.74, 6) is 5.24. The molecule has 188 valence electrons. The van der Waals surface area contributed by atoms with Crippen molar-refractivity contribution in [2.24, 2.45) is 46.8 Å². The molecule has 4 aliphatic carbocycles. The van der Waals surface area contributed by atoms with Crippen molar-refractivity contribution in [3.05, 3.63) is 0 Å². The molecule has 0 aromatic heterocycles. The molecular formula is C28H50BrFO2. The number of hydrogen-bond acceptors (Lipinski definition) is 2. The van der Waals surface area contributed by atoms with Gasteiger partial charge in [-0.15, -0.1) is 0 Å². The van der Waals surface area contributed by atoms with E-state index in [0.29, 0.717) is 29.6 Å². The summed E-state index contributed by atoms with van der Waals surface area (Å²) in [6, 6.07) is 0. The zero-order valence-corrected chi connectivity index (χ0v) is 22.8. The van der Waals surface area contributed by atoms with Crippen LogP contribution >= 0.6 is 15.9 Å². The first-order valence-corrected chi connectivity index (χ1v) is 14.9. The van der Waals surface area contributed by atoms with Gasteiger partial charge in [0, 0.05) is 12.5 Å². The second-order valence-corrected chi connectivity index (χ2v) is 11.5. The SMILES string of the molecule is CC.CC12CCC3C4CCC(CF)CC4CCC3C1CCC2C(=O)CBr.CCCCCO. The minimum atomic E-state index is -0.103. The van der Waals surface area contributed by atoms with Gasteiger partial charge in [-0.1, -0.05) is 56.5 Å². The Hall–Kier alpha value is 0.0400. The molecule has 4 fully saturated rings. The lowest BCUT2D eigenvalue weighted by Crippen LogP contribution is -2.49. The number of aliphatic hydroxyl groups excluding tert-OH is 1. The zero-order valence-electron chi connectivity index (χ0n) is 21.3. The highest BCUT2D eigenvalue weighted by Crippen LogP contribution is 2.64. The predicted octanol–water partition coefficient (Wildman–Crippen LogP) is 8.00. The Morgan fingerprint density at radius 2 is 1.72 bits per heavy atom. The molecule has 0 radical (unpaired) electrons. The maximum absolute atomic E-state index is 13.1. The lowest BCUT2D eigenvalue weighted by atomic mass is 9.49. The number of fused-ring (bicyclic) bond motifs is 5. The van der Waals surface area contributed by atoms with Crippen LogP contribution in [-0.4, -0.2) is 29.5 Å². The fraction of sp³-hybridized carbons (Fsp3) is 0.964. The summed E-state index contributed by atoms with van der Waals surface area (Å²) in [6.07, 6.45) is 14.5. The molecule has 8 atom stereocenters. The number of halogens is 2. The van der Waals surface area contributed by atoms with Gasteiger partial charge in [-0.2, -0.15) is 0 Å². The molecule has 0 saturated heterocycles. The molecule has 0 aliphatic heterocycles. The molecule has 0 aromatic rings. The number of hydrogen-bond donors (Lipinski definition) is 1. The first-order valence-electron chi connectivity index (χ1n) is 13.8. The van der Waals surface area contributed by atoms with E-state index in [1.165, 1.54) is 44.9 Å². The molecule has 2 nitrogen and oxygen atoms in total. The highest BCUT2D eigenvalue weighted by molar-refractivity contribution is 9.09. The van der Waals surface area contributed by atoms with Gasteiger partial charge < -0.3 is 5.11 Å². The first kappa shape index (κ1) is 28.3. The van der Waals surface area contributed by atoms with Crippen LogP contribution in [0.5, 0.6) is 0 Å². The van der Waals surface area contributed by atoms with Crippen molar-refractivity contribution in [1.29, 1.82) is 0 Å². The molecule has 4 heteroatoms. The second kappa shape index (κ2) is 13.8.